The summed E-state index contributed by atoms with van der Waals surface area (Å²) in [5.41, 5.74) is 0.590. The first kappa shape index (κ1) is 18.3. The van der Waals surface area contributed by atoms with E-state index in [1.807, 2.05) is 0 Å². The number of amides is 1. The molecule has 1 unspecified atom stereocenters. The van der Waals surface area contributed by atoms with Gasteiger partial charge in [-0.25, -0.2) is 8.78 Å². The normalized spacial score (nSPS) is 17.0. The Kier molecular flexibility index (Phi) is 5.83. The van der Waals surface area contributed by atoms with Crippen LogP contribution in [0.25, 0.3) is 11.1 Å². The van der Waals surface area contributed by atoms with Gasteiger partial charge >= 0.3 is 0 Å². The molecule has 1 saturated heterocycles. The smallest absolute Gasteiger partial charge is 0.254 e. The molecule has 1 atom stereocenters. The van der Waals surface area contributed by atoms with Crippen LogP contribution in [-0.4, -0.2) is 32.7 Å². The van der Waals surface area contributed by atoms with Crippen molar-refractivity contribution in [2.24, 2.45) is 5.92 Å². The molecule has 1 heterocycles. The average molecular weight is 360 g/mol. The summed E-state index contributed by atoms with van der Waals surface area (Å²) in [5.74, 6) is -0.874. The van der Waals surface area contributed by atoms with Crippen molar-refractivity contribution < 1.29 is 18.3 Å². The summed E-state index contributed by atoms with van der Waals surface area (Å²) in [6.07, 6.45) is 2.13. The average Bonchev–Trinajstić information content (AvgIpc) is 2.66. The van der Waals surface area contributed by atoms with E-state index in [0.29, 0.717) is 23.8 Å². The van der Waals surface area contributed by atoms with Gasteiger partial charge in [0.25, 0.3) is 5.91 Å². The molecule has 2 N–H and O–H groups in total. The highest BCUT2D eigenvalue weighted by Crippen LogP contribution is 2.27. The van der Waals surface area contributed by atoms with Crippen molar-refractivity contribution in [1.29, 1.82) is 0 Å². The molecule has 0 bridgehead atoms. The fraction of sp³-hybridized carbons (Fsp3) is 0.350. The highest BCUT2D eigenvalue weighted by Gasteiger charge is 2.17. The quantitative estimate of drug-likeness (QED) is 0.860. The highest BCUT2D eigenvalue weighted by atomic mass is 19.1. The second kappa shape index (κ2) is 8.27. The Morgan fingerprint density at radius 1 is 1.23 bits per heavy atom. The summed E-state index contributed by atoms with van der Waals surface area (Å²) >= 11 is 0. The largest absolute Gasteiger partial charge is 0.497 e. The molecule has 0 radical (unpaired) electrons. The van der Waals surface area contributed by atoms with E-state index in [2.05, 4.69) is 10.6 Å². The van der Waals surface area contributed by atoms with E-state index < -0.39 is 17.5 Å². The summed E-state index contributed by atoms with van der Waals surface area (Å²) in [6, 6.07) is 8.50. The van der Waals surface area contributed by atoms with Crippen molar-refractivity contribution in [3.8, 4) is 16.9 Å². The van der Waals surface area contributed by atoms with Crippen LogP contribution >= 0.6 is 0 Å². The predicted molar refractivity (Wildman–Crippen MR) is 96.3 cm³/mol. The predicted octanol–water partition coefficient (Wildman–Crippen LogP) is 3.37. The number of ether oxygens (including phenoxy) is 1. The molecular weight excluding hydrogens is 338 g/mol. The molecule has 1 fully saturated rings. The molecule has 0 saturated carbocycles. The highest BCUT2D eigenvalue weighted by molar-refractivity contribution is 5.95. The molecule has 1 aliphatic rings. The number of nitrogens with one attached hydrogen (secondary N) is 2. The van der Waals surface area contributed by atoms with Crippen LogP contribution in [0.15, 0.2) is 36.4 Å². The molecule has 0 aromatic heterocycles. The monoisotopic (exact) mass is 360 g/mol. The lowest BCUT2D eigenvalue weighted by Crippen LogP contribution is -2.38. The van der Waals surface area contributed by atoms with Crippen molar-refractivity contribution in [2.75, 3.05) is 26.7 Å². The Balaban J connectivity index is 1.71. The van der Waals surface area contributed by atoms with Gasteiger partial charge in [-0.3, -0.25) is 4.79 Å². The molecule has 0 spiro atoms. The minimum absolute atomic E-state index is 0.0357. The fourth-order valence-corrected chi connectivity index (χ4v) is 3.15. The molecular formula is C20H22F2N2O2. The van der Waals surface area contributed by atoms with Crippen LogP contribution in [0.4, 0.5) is 8.78 Å². The maximum absolute atomic E-state index is 14.4. The van der Waals surface area contributed by atoms with Gasteiger partial charge in [-0.2, -0.15) is 0 Å². The number of methoxy groups -OCH3 is 1. The summed E-state index contributed by atoms with van der Waals surface area (Å²) < 4.78 is 33.5. The maximum Gasteiger partial charge on any atom is 0.254 e. The van der Waals surface area contributed by atoms with Crippen molar-refractivity contribution in [3.63, 3.8) is 0 Å². The molecule has 138 valence electrons. The van der Waals surface area contributed by atoms with E-state index in [1.165, 1.54) is 31.4 Å². The van der Waals surface area contributed by atoms with Crippen LogP contribution in [0.1, 0.15) is 23.2 Å². The zero-order valence-corrected chi connectivity index (χ0v) is 14.6. The minimum atomic E-state index is -0.669. The van der Waals surface area contributed by atoms with Crippen LogP contribution in [0, 0.1) is 17.6 Å². The summed E-state index contributed by atoms with van der Waals surface area (Å²) in [4.78, 5) is 12.2. The Labute approximate surface area is 151 Å². The van der Waals surface area contributed by atoms with E-state index in [9.17, 15) is 13.6 Å². The molecule has 2 aromatic carbocycles. The number of hydrogen-bond acceptors (Lipinski definition) is 3. The Morgan fingerprint density at radius 2 is 2.08 bits per heavy atom. The lowest BCUT2D eigenvalue weighted by molar-refractivity contribution is 0.0941. The Morgan fingerprint density at radius 3 is 2.73 bits per heavy atom. The first-order valence-corrected chi connectivity index (χ1v) is 8.71. The van der Waals surface area contributed by atoms with Crippen molar-refractivity contribution in [3.05, 3.63) is 53.6 Å². The summed E-state index contributed by atoms with van der Waals surface area (Å²) in [6.45, 7) is 2.38. The van der Waals surface area contributed by atoms with Gasteiger partial charge < -0.3 is 15.4 Å². The third kappa shape index (κ3) is 4.19. The topological polar surface area (TPSA) is 50.4 Å². The maximum atomic E-state index is 14.4. The van der Waals surface area contributed by atoms with Gasteiger partial charge in [0.1, 0.15) is 17.4 Å². The molecule has 4 nitrogen and oxygen atoms in total. The van der Waals surface area contributed by atoms with Crippen LogP contribution in [-0.2, 0) is 0 Å². The standard InChI is InChI=1S/C20H22F2N2O2/c1-26-15-5-7-16(19(22)10-15)14-4-6-17(18(21)9-14)20(25)24-12-13-3-2-8-23-11-13/h4-7,9-10,13,23H,2-3,8,11-12H2,1H3,(H,24,25). The number of rotatable bonds is 5. The van der Waals surface area contributed by atoms with Crippen LogP contribution < -0.4 is 15.4 Å². The number of piperidine rings is 1. The van der Waals surface area contributed by atoms with Gasteiger partial charge in [-0.1, -0.05) is 6.07 Å². The molecule has 26 heavy (non-hydrogen) atoms. The molecule has 1 amide bonds. The molecule has 3 rings (SSSR count). The third-order valence-corrected chi connectivity index (χ3v) is 4.65. The van der Waals surface area contributed by atoms with Crippen molar-refractivity contribution in [2.45, 2.75) is 12.8 Å². The van der Waals surface area contributed by atoms with E-state index in [0.717, 1.165) is 25.9 Å². The second-order valence-electron chi connectivity index (χ2n) is 6.46. The third-order valence-electron chi connectivity index (χ3n) is 4.65. The molecule has 6 heteroatoms. The van der Waals surface area contributed by atoms with E-state index in [-0.39, 0.29) is 11.1 Å². The minimum Gasteiger partial charge on any atom is -0.497 e. The van der Waals surface area contributed by atoms with E-state index in [1.54, 1.807) is 12.1 Å². The van der Waals surface area contributed by atoms with Gasteiger partial charge in [0.15, 0.2) is 0 Å². The van der Waals surface area contributed by atoms with E-state index in [4.69, 9.17) is 4.74 Å². The number of carbonyl (C=O) groups excluding carboxylic acids is 1. The van der Waals surface area contributed by atoms with Crippen molar-refractivity contribution >= 4 is 5.91 Å². The number of benzene rings is 2. The number of halogens is 2. The van der Waals surface area contributed by atoms with Gasteiger partial charge in [-0.15, -0.1) is 0 Å². The number of hydrogen-bond donors (Lipinski definition) is 2. The van der Waals surface area contributed by atoms with Gasteiger partial charge in [-0.05, 0) is 61.7 Å². The molecule has 2 aromatic rings. The zero-order valence-electron chi connectivity index (χ0n) is 14.6. The van der Waals surface area contributed by atoms with Gasteiger partial charge in [0.2, 0.25) is 0 Å². The van der Waals surface area contributed by atoms with Crippen LogP contribution in [0.3, 0.4) is 0 Å². The zero-order chi connectivity index (χ0) is 18.5. The molecule has 0 aliphatic carbocycles. The summed E-state index contributed by atoms with van der Waals surface area (Å²) in [7, 11) is 1.45. The molecule has 1 aliphatic heterocycles. The van der Waals surface area contributed by atoms with E-state index >= 15 is 0 Å². The first-order chi connectivity index (χ1) is 12.6. The van der Waals surface area contributed by atoms with Crippen molar-refractivity contribution in [1.82, 2.24) is 10.6 Å². The fourth-order valence-electron chi connectivity index (χ4n) is 3.15. The van der Waals surface area contributed by atoms with Crippen LogP contribution in [0.2, 0.25) is 0 Å². The van der Waals surface area contributed by atoms with Crippen LogP contribution in [0.5, 0.6) is 5.75 Å². The number of carbonyl (C=O) groups is 1. The SMILES string of the molecule is COc1ccc(-c2ccc(C(=O)NCC3CCCNC3)c(F)c2)c(F)c1. The Bertz CT molecular complexity index is 789. The summed E-state index contributed by atoms with van der Waals surface area (Å²) in [5, 5.41) is 6.06. The Hall–Kier alpha value is -2.47. The lowest BCUT2D eigenvalue weighted by Gasteiger charge is -2.22. The van der Waals surface area contributed by atoms with Gasteiger partial charge in [0, 0.05) is 18.2 Å². The lowest BCUT2D eigenvalue weighted by atomic mass is 9.99. The van der Waals surface area contributed by atoms with Gasteiger partial charge in [0.05, 0.1) is 12.7 Å². The first-order valence-electron chi connectivity index (χ1n) is 8.71. The second-order valence-corrected chi connectivity index (χ2v) is 6.46.